The number of amides is 2. The molecule has 2 amide bonds. The normalized spacial score (nSPS) is 13.5. The molecule has 1 aliphatic rings. The van der Waals surface area contributed by atoms with Gasteiger partial charge < -0.3 is 15.2 Å². The Hall–Kier alpha value is -2.86. The van der Waals surface area contributed by atoms with Gasteiger partial charge in [-0.2, -0.15) is 0 Å². The Bertz CT molecular complexity index is 951. The van der Waals surface area contributed by atoms with Crippen LogP contribution in [0.3, 0.4) is 0 Å². The van der Waals surface area contributed by atoms with Gasteiger partial charge in [0, 0.05) is 34.9 Å². The molecule has 0 fully saturated rings. The van der Waals surface area contributed by atoms with Crippen LogP contribution in [0.2, 0.25) is 5.02 Å². The number of hydrogen-bond acceptors (Lipinski definition) is 3. The highest BCUT2D eigenvalue weighted by Gasteiger charge is 2.16. The smallest absolute Gasteiger partial charge is 0.311 e. The van der Waals surface area contributed by atoms with Gasteiger partial charge in [0.2, 0.25) is 0 Å². The summed E-state index contributed by atoms with van der Waals surface area (Å²) in [6.45, 7) is 0.958. The molecule has 138 valence electrons. The summed E-state index contributed by atoms with van der Waals surface area (Å²) in [5, 5.41) is 14.9. The second-order valence-electron chi connectivity index (χ2n) is 6.57. The Balaban J connectivity index is 1.45. The van der Waals surface area contributed by atoms with Crippen molar-refractivity contribution in [1.29, 1.82) is 0 Å². The zero-order valence-corrected chi connectivity index (χ0v) is 15.5. The van der Waals surface area contributed by atoms with E-state index >= 15 is 0 Å². The molecule has 1 aliphatic heterocycles. The van der Waals surface area contributed by atoms with Crippen molar-refractivity contribution >= 4 is 29.0 Å². The van der Waals surface area contributed by atoms with E-state index in [4.69, 9.17) is 11.6 Å². The summed E-state index contributed by atoms with van der Waals surface area (Å²) in [6.07, 6.45) is 4.54. The van der Waals surface area contributed by atoms with Crippen LogP contribution in [0.1, 0.15) is 25.1 Å². The van der Waals surface area contributed by atoms with Crippen molar-refractivity contribution in [3.63, 3.8) is 0 Å². The maximum atomic E-state index is 12.1. The molecule has 0 bridgehead atoms. The molecule has 0 radical (unpaired) electrons. The number of rotatable bonds is 3. The first-order valence-corrected chi connectivity index (χ1v) is 9.43. The summed E-state index contributed by atoms with van der Waals surface area (Å²) in [6, 6.07) is 14.3. The number of fused-ring (bicyclic) bond motifs is 1. The number of benzene rings is 2. The van der Waals surface area contributed by atoms with Crippen molar-refractivity contribution in [3.05, 3.63) is 59.4 Å². The fourth-order valence-electron chi connectivity index (χ4n) is 3.26. The predicted octanol–water partition coefficient (Wildman–Crippen LogP) is 4.97. The van der Waals surface area contributed by atoms with Gasteiger partial charge in [0.1, 0.15) is 5.82 Å². The number of nitrogens with one attached hydrogen (secondary N) is 2. The first kappa shape index (κ1) is 17.5. The number of hydrogen-bond donors (Lipinski definition) is 2. The Morgan fingerprint density at radius 2 is 1.78 bits per heavy atom. The fourth-order valence-corrected chi connectivity index (χ4v) is 3.45. The Kier molecular flexibility index (Phi) is 5.07. The third-order valence-corrected chi connectivity index (χ3v) is 4.83. The summed E-state index contributed by atoms with van der Waals surface area (Å²) < 4.78 is 2.21. The van der Waals surface area contributed by atoms with Crippen molar-refractivity contribution in [2.24, 2.45) is 0 Å². The minimum atomic E-state index is -0.318. The molecule has 0 aliphatic carbocycles. The maximum Gasteiger partial charge on any atom is 0.323 e. The van der Waals surface area contributed by atoms with Crippen LogP contribution in [0.5, 0.6) is 0 Å². The molecule has 1 aromatic heterocycles. The number of carbonyl (C=O) groups is 1. The summed E-state index contributed by atoms with van der Waals surface area (Å²) in [5.41, 5.74) is 2.34. The minimum absolute atomic E-state index is 0.318. The molecule has 0 unspecified atom stereocenters. The third kappa shape index (κ3) is 4.11. The standard InChI is InChI=1S/C20H20ClN5O/c21-15-5-4-6-17(13-15)23-20(27)22-16-10-8-14(9-11-16)19-25-24-18-7-2-1-3-12-26(18)19/h4-6,8-11,13H,1-3,7,12H2,(H2,22,23,27). The highest BCUT2D eigenvalue weighted by atomic mass is 35.5. The van der Waals surface area contributed by atoms with Crippen LogP contribution >= 0.6 is 11.6 Å². The van der Waals surface area contributed by atoms with Gasteiger partial charge in [-0.3, -0.25) is 0 Å². The lowest BCUT2D eigenvalue weighted by Crippen LogP contribution is -2.19. The lowest BCUT2D eigenvalue weighted by molar-refractivity contribution is 0.262. The number of aromatic nitrogens is 3. The first-order chi connectivity index (χ1) is 13.2. The molecule has 4 rings (SSSR count). The Morgan fingerprint density at radius 3 is 2.59 bits per heavy atom. The highest BCUT2D eigenvalue weighted by Crippen LogP contribution is 2.24. The average Bonchev–Trinajstić information content (AvgIpc) is 2.90. The van der Waals surface area contributed by atoms with Gasteiger partial charge in [0.15, 0.2) is 5.82 Å². The van der Waals surface area contributed by atoms with Crippen molar-refractivity contribution in [2.75, 3.05) is 10.6 Å². The van der Waals surface area contributed by atoms with E-state index in [2.05, 4.69) is 25.4 Å². The van der Waals surface area contributed by atoms with Crippen molar-refractivity contribution in [1.82, 2.24) is 14.8 Å². The predicted molar refractivity (Wildman–Crippen MR) is 107 cm³/mol. The average molecular weight is 382 g/mol. The summed E-state index contributed by atoms with van der Waals surface area (Å²) >= 11 is 5.93. The van der Waals surface area contributed by atoms with Crippen LogP contribution in [0.4, 0.5) is 16.2 Å². The summed E-state index contributed by atoms with van der Waals surface area (Å²) in [5.74, 6) is 1.95. The lowest BCUT2D eigenvalue weighted by atomic mass is 10.2. The topological polar surface area (TPSA) is 71.8 Å². The van der Waals surface area contributed by atoms with Crippen molar-refractivity contribution < 1.29 is 4.79 Å². The van der Waals surface area contributed by atoms with E-state index in [1.807, 2.05) is 24.3 Å². The van der Waals surface area contributed by atoms with Gasteiger partial charge in [-0.25, -0.2) is 4.79 Å². The number of urea groups is 1. The molecule has 0 saturated heterocycles. The van der Waals surface area contributed by atoms with Gasteiger partial charge in [0.25, 0.3) is 0 Å². The number of halogens is 1. The zero-order valence-electron chi connectivity index (χ0n) is 14.8. The quantitative estimate of drug-likeness (QED) is 0.672. The van der Waals surface area contributed by atoms with Gasteiger partial charge in [-0.05, 0) is 55.3 Å². The zero-order chi connectivity index (χ0) is 18.6. The minimum Gasteiger partial charge on any atom is -0.311 e. The molecular weight excluding hydrogens is 362 g/mol. The molecule has 0 spiro atoms. The van der Waals surface area contributed by atoms with Crippen molar-refractivity contribution in [3.8, 4) is 11.4 Å². The molecular formula is C20H20ClN5O. The summed E-state index contributed by atoms with van der Waals surface area (Å²) in [4.78, 5) is 12.1. The number of nitrogens with zero attached hydrogens (tertiary/aromatic N) is 3. The summed E-state index contributed by atoms with van der Waals surface area (Å²) in [7, 11) is 0. The molecule has 7 heteroatoms. The third-order valence-electron chi connectivity index (χ3n) is 4.59. The van der Waals surface area contributed by atoms with Crippen LogP contribution in [-0.2, 0) is 13.0 Å². The number of aryl methyl sites for hydroxylation is 1. The molecule has 0 saturated carbocycles. The van der Waals surface area contributed by atoms with E-state index in [1.165, 1.54) is 12.8 Å². The monoisotopic (exact) mass is 381 g/mol. The molecule has 2 heterocycles. The number of carbonyl (C=O) groups excluding carboxylic acids is 1. The van der Waals surface area contributed by atoms with E-state index in [-0.39, 0.29) is 6.03 Å². The molecule has 6 nitrogen and oxygen atoms in total. The molecule has 27 heavy (non-hydrogen) atoms. The van der Waals surface area contributed by atoms with E-state index in [0.29, 0.717) is 16.4 Å². The largest absolute Gasteiger partial charge is 0.323 e. The molecule has 2 N–H and O–H groups in total. The SMILES string of the molecule is O=C(Nc1ccc(-c2nnc3n2CCCCC3)cc1)Nc1cccc(Cl)c1. The van der Waals surface area contributed by atoms with Gasteiger partial charge in [0.05, 0.1) is 0 Å². The van der Waals surface area contributed by atoms with Crippen LogP contribution in [0.25, 0.3) is 11.4 Å². The van der Waals surface area contributed by atoms with Crippen LogP contribution in [-0.4, -0.2) is 20.8 Å². The Labute approximate surface area is 162 Å². The first-order valence-electron chi connectivity index (χ1n) is 9.05. The van der Waals surface area contributed by atoms with Crippen LogP contribution in [0, 0.1) is 0 Å². The lowest BCUT2D eigenvalue weighted by Gasteiger charge is -2.10. The Morgan fingerprint density at radius 1 is 0.963 bits per heavy atom. The van der Waals surface area contributed by atoms with Gasteiger partial charge >= 0.3 is 6.03 Å². The molecule has 0 atom stereocenters. The molecule has 3 aromatic rings. The van der Waals surface area contributed by atoms with Crippen LogP contribution < -0.4 is 10.6 Å². The van der Waals surface area contributed by atoms with E-state index in [9.17, 15) is 4.79 Å². The molecule has 2 aromatic carbocycles. The van der Waals surface area contributed by atoms with Crippen molar-refractivity contribution in [2.45, 2.75) is 32.2 Å². The van der Waals surface area contributed by atoms with Crippen LogP contribution in [0.15, 0.2) is 48.5 Å². The maximum absolute atomic E-state index is 12.1. The second-order valence-corrected chi connectivity index (χ2v) is 7.01. The van der Waals surface area contributed by atoms with E-state index < -0.39 is 0 Å². The van der Waals surface area contributed by atoms with E-state index in [0.717, 1.165) is 36.6 Å². The van der Waals surface area contributed by atoms with Gasteiger partial charge in [-0.1, -0.05) is 24.1 Å². The highest BCUT2D eigenvalue weighted by molar-refractivity contribution is 6.30. The van der Waals surface area contributed by atoms with E-state index in [1.54, 1.807) is 24.3 Å². The fraction of sp³-hybridized carbons (Fsp3) is 0.250. The number of anilines is 2. The second kappa shape index (κ2) is 7.80. The van der Waals surface area contributed by atoms with Gasteiger partial charge in [-0.15, -0.1) is 10.2 Å².